The maximum Gasteiger partial charge on any atom is 0.0455 e. The van der Waals surface area contributed by atoms with Crippen molar-refractivity contribution in [2.75, 3.05) is 0 Å². The van der Waals surface area contributed by atoms with Gasteiger partial charge in [0.1, 0.15) is 0 Å². The van der Waals surface area contributed by atoms with E-state index in [0.29, 0.717) is 0 Å². The minimum Gasteiger partial charge on any atom is -0.311 e. The van der Waals surface area contributed by atoms with Gasteiger partial charge in [-0.3, -0.25) is 0 Å². The zero-order chi connectivity index (χ0) is 16.1. The van der Waals surface area contributed by atoms with Crippen LogP contribution in [0.2, 0.25) is 0 Å². The van der Waals surface area contributed by atoms with E-state index < -0.39 is 0 Å². The zero-order valence-corrected chi connectivity index (χ0v) is 13.7. The van der Waals surface area contributed by atoms with E-state index in [1.165, 1.54) is 0 Å². The molecule has 0 aliphatic heterocycles. The van der Waals surface area contributed by atoms with Gasteiger partial charge in [0.05, 0.1) is 0 Å². The lowest BCUT2D eigenvalue weighted by Gasteiger charge is -2.28. The van der Waals surface area contributed by atoms with Crippen molar-refractivity contribution >= 4 is 0 Å². The van der Waals surface area contributed by atoms with E-state index in [2.05, 4.69) is 36.3 Å². The molecule has 0 aliphatic carbocycles. The summed E-state index contributed by atoms with van der Waals surface area (Å²) in [5, 5.41) is 0. The Morgan fingerprint density at radius 1 is 0.762 bits per heavy atom. The van der Waals surface area contributed by atoms with Crippen molar-refractivity contribution in [3.63, 3.8) is 0 Å². The smallest absolute Gasteiger partial charge is 0.0455 e. The highest BCUT2D eigenvalue weighted by Crippen LogP contribution is 2.23. The Morgan fingerprint density at radius 3 is 1.81 bits per heavy atom. The van der Waals surface area contributed by atoms with E-state index in [1.807, 2.05) is 70.2 Å². The molecule has 0 heterocycles. The molecule has 0 radical (unpaired) electrons. The van der Waals surface area contributed by atoms with Gasteiger partial charge >= 0.3 is 0 Å². The van der Waals surface area contributed by atoms with Crippen LogP contribution in [0.1, 0.15) is 27.7 Å². The van der Waals surface area contributed by atoms with Gasteiger partial charge in [0.25, 0.3) is 0 Å². The Kier molecular flexibility index (Phi) is 10.3. The number of rotatable bonds is 8. The molecule has 112 valence electrons. The SMILES string of the molecule is C=C/C=C\C(=C/C)N(/C(C=C)=C/C=C\C)C(/C=C\C)=C/C. The molecule has 0 atom stereocenters. The molecule has 0 N–H and O–H groups in total. The molecule has 0 bridgehead atoms. The maximum absolute atomic E-state index is 3.94. The maximum atomic E-state index is 3.94. The average Bonchev–Trinajstić information content (AvgIpc) is 2.52. The van der Waals surface area contributed by atoms with Gasteiger partial charge in [-0.15, -0.1) is 0 Å². The van der Waals surface area contributed by atoms with E-state index in [4.69, 9.17) is 0 Å². The summed E-state index contributed by atoms with van der Waals surface area (Å²) in [5.74, 6) is 0. The fourth-order valence-corrected chi connectivity index (χ4v) is 1.81. The summed E-state index contributed by atoms with van der Waals surface area (Å²) in [7, 11) is 0. The summed E-state index contributed by atoms with van der Waals surface area (Å²) < 4.78 is 0. The van der Waals surface area contributed by atoms with Crippen molar-refractivity contribution in [3.8, 4) is 0 Å². The van der Waals surface area contributed by atoms with E-state index in [9.17, 15) is 0 Å². The van der Waals surface area contributed by atoms with Crippen LogP contribution in [-0.2, 0) is 0 Å². The molecular weight excluding hydrogens is 254 g/mol. The van der Waals surface area contributed by atoms with Gasteiger partial charge in [0.15, 0.2) is 0 Å². The number of hydrogen-bond acceptors (Lipinski definition) is 1. The van der Waals surface area contributed by atoms with Crippen LogP contribution >= 0.6 is 0 Å². The van der Waals surface area contributed by atoms with Gasteiger partial charge in [0.2, 0.25) is 0 Å². The number of nitrogens with zero attached hydrogens (tertiary/aromatic N) is 1. The van der Waals surface area contributed by atoms with Crippen molar-refractivity contribution in [1.82, 2.24) is 4.90 Å². The van der Waals surface area contributed by atoms with Crippen molar-refractivity contribution in [2.24, 2.45) is 0 Å². The lowest BCUT2D eigenvalue weighted by Crippen LogP contribution is -2.19. The van der Waals surface area contributed by atoms with E-state index >= 15 is 0 Å². The molecule has 0 aromatic carbocycles. The molecule has 1 heteroatoms. The van der Waals surface area contributed by atoms with Crippen molar-refractivity contribution in [3.05, 3.63) is 97.1 Å². The predicted octanol–water partition coefficient (Wildman–Crippen LogP) is 6.06. The fraction of sp³-hybridized carbons (Fsp3) is 0.200. The summed E-state index contributed by atoms with van der Waals surface area (Å²) in [5.41, 5.74) is 3.17. The van der Waals surface area contributed by atoms with Crippen LogP contribution in [0.3, 0.4) is 0 Å². The van der Waals surface area contributed by atoms with Gasteiger partial charge in [-0.2, -0.15) is 0 Å². The second kappa shape index (κ2) is 11.5. The van der Waals surface area contributed by atoms with Gasteiger partial charge in [-0.25, -0.2) is 0 Å². The first kappa shape index (κ1) is 18.7. The zero-order valence-electron chi connectivity index (χ0n) is 13.7. The topological polar surface area (TPSA) is 3.24 Å². The highest BCUT2D eigenvalue weighted by molar-refractivity contribution is 5.39. The first-order valence-electron chi connectivity index (χ1n) is 7.20. The summed E-state index contributed by atoms with van der Waals surface area (Å²) in [6, 6.07) is 0. The highest BCUT2D eigenvalue weighted by atomic mass is 15.2. The Hall–Kier alpha value is -2.28. The van der Waals surface area contributed by atoms with Crippen LogP contribution < -0.4 is 0 Å². The van der Waals surface area contributed by atoms with Crippen LogP contribution in [0.15, 0.2) is 97.1 Å². The third-order valence-corrected chi connectivity index (χ3v) is 2.78. The van der Waals surface area contributed by atoms with Gasteiger partial charge < -0.3 is 4.90 Å². The minimum absolute atomic E-state index is 1.01. The molecule has 0 aliphatic rings. The van der Waals surface area contributed by atoms with Crippen LogP contribution in [-0.4, -0.2) is 4.90 Å². The first-order chi connectivity index (χ1) is 10.2. The molecule has 0 saturated carbocycles. The molecule has 0 spiro atoms. The second-order valence-electron chi connectivity index (χ2n) is 4.18. The third-order valence-electron chi connectivity index (χ3n) is 2.78. The van der Waals surface area contributed by atoms with Crippen LogP contribution in [0.4, 0.5) is 0 Å². The van der Waals surface area contributed by atoms with Crippen molar-refractivity contribution < 1.29 is 0 Å². The monoisotopic (exact) mass is 281 g/mol. The molecule has 21 heavy (non-hydrogen) atoms. The largest absolute Gasteiger partial charge is 0.311 e. The number of allylic oxidation sites excluding steroid dienone is 11. The summed E-state index contributed by atoms with van der Waals surface area (Å²) in [6.45, 7) is 15.7. The molecule has 0 unspecified atom stereocenters. The Balaban J connectivity index is 6.04. The molecule has 0 amide bonds. The summed E-state index contributed by atoms with van der Waals surface area (Å²) in [4.78, 5) is 2.16. The summed E-state index contributed by atoms with van der Waals surface area (Å²) >= 11 is 0. The average molecular weight is 281 g/mol. The summed E-state index contributed by atoms with van der Waals surface area (Å²) in [6.07, 6.45) is 21.9. The molecular formula is C20H27N. The van der Waals surface area contributed by atoms with Crippen LogP contribution in [0.5, 0.6) is 0 Å². The molecule has 1 nitrogen and oxygen atoms in total. The van der Waals surface area contributed by atoms with E-state index in [0.717, 1.165) is 17.1 Å². The van der Waals surface area contributed by atoms with Gasteiger partial charge in [-0.05, 0) is 52.0 Å². The van der Waals surface area contributed by atoms with Crippen molar-refractivity contribution in [2.45, 2.75) is 27.7 Å². The molecule has 0 aromatic heterocycles. The second-order valence-corrected chi connectivity index (χ2v) is 4.18. The van der Waals surface area contributed by atoms with E-state index in [1.54, 1.807) is 6.08 Å². The predicted molar refractivity (Wildman–Crippen MR) is 96.6 cm³/mol. The van der Waals surface area contributed by atoms with Crippen LogP contribution in [0.25, 0.3) is 0 Å². The lowest BCUT2D eigenvalue weighted by atomic mass is 10.2. The lowest BCUT2D eigenvalue weighted by molar-refractivity contribution is 0.575. The fourth-order valence-electron chi connectivity index (χ4n) is 1.81. The van der Waals surface area contributed by atoms with Gasteiger partial charge in [0, 0.05) is 17.1 Å². The molecule has 0 fully saturated rings. The van der Waals surface area contributed by atoms with Crippen LogP contribution in [0, 0.1) is 0 Å². The van der Waals surface area contributed by atoms with E-state index in [-0.39, 0.29) is 0 Å². The highest BCUT2D eigenvalue weighted by Gasteiger charge is 2.12. The Bertz CT molecular complexity index is 508. The van der Waals surface area contributed by atoms with Crippen molar-refractivity contribution in [1.29, 1.82) is 0 Å². The standard InChI is InChI=1S/C20H27N/c1-7-13-16-19(11-5)21(18(10-4)15-9-3)20(12-6)17-14-8-2/h7-17H,1,6H2,2-5H3/b14-8-,15-9-,16-13-,18-10+,19-11+,20-17+. The van der Waals surface area contributed by atoms with Gasteiger partial charge in [-0.1, -0.05) is 55.7 Å². The quantitative estimate of drug-likeness (QED) is 0.489. The molecule has 0 aromatic rings. The minimum atomic E-state index is 1.01. The molecule has 0 saturated heterocycles. The Labute approximate surface area is 130 Å². The third kappa shape index (κ3) is 6.13. The normalized spacial score (nSPS) is 14.4. The first-order valence-corrected chi connectivity index (χ1v) is 7.20. The number of hydrogen-bond donors (Lipinski definition) is 0. The molecule has 0 rings (SSSR count). The Morgan fingerprint density at radius 2 is 1.38 bits per heavy atom.